The lowest BCUT2D eigenvalue weighted by atomic mass is 10.2. The van der Waals surface area contributed by atoms with Gasteiger partial charge in [0, 0.05) is 18.0 Å². The summed E-state index contributed by atoms with van der Waals surface area (Å²) in [6.07, 6.45) is 4.44. The lowest BCUT2D eigenvalue weighted by Gasteiger charge is -2.04. The second kappa shape index (κ2) is 6.95. The molecule has 0 atom stereocenters. The zero-order valence-corrected chi connectivity index (χ0v) is 13.0. The van der Waals surface area contributed by atoms with Gasteiger partial charge in [-0.3, -0.25) is 14.2 Å². The molecule has 2 aromatic heterocycles. The Morgan fingerprint density at radius 3 is 2.72 bits per heavy atom. The van der Waals surface area contributed by atoms with Crippen LogP contribution in [0.4, 0.5) is 10.1 Å². The monoisotopic (exact) mass is 343 g/mol. The maximum absolute atomic E-state index is 13.6. The van der Waals surface area contributed by atoms with E-state index in [4.69, 9.17) is 5.11 Å². The number of halogens is 1. The zero-order chi connectivity index (χ0) is 17.8. The van der Waals surface area contributed by atoms with E-state index in [2.05, 4.69) is 15.5 Å². The third-order valence-electron chi connectivity index (χ3n) is 3.37. The van der Waals surface area contributed by atoms with Crippen molar-refractivity contribution in [2.24, 2.45) is 0 Å². The third-order valence-corrected chi connectivity index (χ3v) is 3.37. The molecule has 8 nitrogen and oxygen atoms in total. The largest absolute Gasteiger partial charge is 0.476 e. The number of amides is 1. The summed E-state index contributed by atoms with van der Waals surface area (Å²) in [7, 11) is 0. The van der Waals surface area contributed by atoms with Crippen molar-refractivity contribution < 1.29 is 19.1 Å². The Labute approximate surface area is 141 Å². The van der Waals surface area contributed by atoms with E-state index in [-0.39, 0.29) is 30.5 Å². The Bertz CT molecular complexity index is 918. The molecule has 0 aliphatic heterocycles. The second-order valence-corrected chi connectivity index (χ2v) is 5.27. The summed E-state index contributed by atoms with van der Waals surface area (Å²) in [5.74, 6) is -1.87. The number of anilines is 1. The molecule has 1 aromatic carbocycles. The number of carbonyl (C=O) groups excluding carboxylic acids is 1. The van der Waals surface area contributed by atoms with Gasteiger partial charge in [-0.1, -0.05) is 18.2 Å². The summed E-state index contributed by atoms with van der Waals surface area (Å²) < 4.78 is 16.4. The number of nitrogens with one attached hydrogen (secondary N) is 1. The zero-order valence-electron chi connectivity index (χ0n) is 13.0. The molecule has 0 radical (unpaired) electrons. The Hall–Kier alpha value is -3.49. The van der Waals surface area contributed by atoms with Crippen LogP contribution in [0.1, 0.15) is 16.1 Å². The van der Waals surface area contributed by atoms with Crippen LogP contribution in [-0.2, 0) is 17.9 Å². The molecule has 128 valence electrons. The Balaban J connectivity index is 1.59. The van der Waals surface area contributed by atoms with Gasteiger partial charge in [0.05, 0.1) is 18.4 Å². The number of hydrogen-bond donors (Lipinski definition) is 2. The molecular weight excluding hydrogens is 329 g/mol. The second-order valence-electron chi connectivity index (χ2n) is 5.27. The number of aromatic nitrogens is 4. The van der Waals surface area contributed by atoms with Gasteiger partial charge in [-0.15, -0.1) is 0 Å². The average molecular weight is 343 g/mol. The lowest BCUT2D eigenvalue weighted by molar-refractivity contribution is -0.116. The van der Waals surface area contributed by atoms with E-state index in [1.54, 1.807) is 24.4 Å². The molecule has 0 bridgehead atoms. The number of carboxylic acids is 1. The summed E-state index contributed by atoms with van der Waals surface area (Å²) in [6, 6.07) is 7.69. The van der Waals surface area contributed by atoms with Gasteiger partial charge in [-0.2, -0.15) is 10.2 Å². The highest BCUT2D eigenvalue weighted by Crippen LogP contribution is 2.11. The lowest BCUT2D eigenvalue weighted by Crippen LogP contribution is -2.19. The number of rotatable bonds is 6. The van der Waals surface area contributed by atoms with E-state index in [9.17, 15) is 14.0 Å². The topological polar surface area (TPSA) is 102 Å². The minimum Gasteiger partial charge on any atom is -0.476 e. The minimum absolute atomic E-state index is 0.133. The molecule has 0 aliphatic carbocycles. The van der Waals surface area contributed by atoms with Gasteiger partial charge in [-0.05, 0) is 12.1 Å². The maximum atomic E-state index is 13.6. The van der Waals surface area contributed by atoms with Crippen molar-refractivity contribution in [1.29, 1.82) is 0 Å². The average Bonchev–Trinajstić information content (AvgIpc) is 3.19. The molecule has 2 heterocycles. The first-order chi connectivity index (χ1) is 12.0. The molecule has 0 aliphatic rings. The SMILES string of the molecule is O=C(Cn1ccc(C(=O)O)n1)Nc1cnn(Cc2ccccc2F)c1. The molecular formula is C16H14FN5O3. The first-order valence-electron chi connectivity index (χ1n) is 7.34. The molecule has 0 fully saturated rings. The normalized spacial score (nSPS) is 10.6. The predicted octanol–water partition coefficient (Wildman–Crippen LogP) is 1.60. The van der Waals surface area contributed by atoms with E-state index < -0.39 is 5.97 Å². The Morgan fingerprint density at radius 1 is 1.20 bits per heavy atom. The summed E-state index contributed by atoms with van der Waals surface area (Å²) in [5, 5.41) is 19.3. The van der Waals surface area contributed by atoms with Gasteiger partial charge in [0.25, 0.3) is 0 Å². The summed E-state index contributed by atoms with van der Waals surface area (Å²) in [6.45, 7) is 0.107. The maximum Gasteiger partial charge on any atom is 0.356 e. The van der Waals surface area contributed by atoms with Crippen LogP contribution in [0.5, 0.6) is 0 Å². The van der Waals surface area contributed by atoms with E-state index >= 15 is 0 Å². The smallest absolute Gasteiger partial charge is 0.356 e. The quantitative estimate of drug-likeness (QED) is 0.708. The van der Waals surface area contributed by atoms with Crippen LogP contribution < -0.4 is 5.32 Å². The van der Waals surface area contributed by atoms with Crippen LogP contribution in [-0.4, -0.2) is 36.5 Å². The Kier molecular flexibility index (Phi) is 4.55. The van der Waals surface area contributed by atoms with Crippen LogP contribution >= 0.6 is 0 Å². The van der Waals surface area contributed by atoms with Gasteiger partial charge in [0.2, 0.25) is 5.91 Å². The number of carboxylic acid groups (broad SMARTS) is 1. The number of carbonyl (C=O) groups is 2. The fourth-order valence-corrected chi connectivity index (χ4v) is 2.23. The number of benzene rings is 1. The van der Waals surface area contributed by atoms with E-state index in [1.165, 1.54) is 33.9 Å². The molecule has 3 aromatic rings. The summed E-state index contributed by atoms with van der Waals surface area (Å²) in [5.41, 5.74) is 0.804. The molecule has 3 rings (SSSR count). The van der Waals surface area contributed by atoms with Crippen molar-refractivity contribution in [2.75, 3.05) is 5.32 Å². The van der Waals surface area contributed by atoms with Crippen LogP contribution in [0.15, 0.2) is 48.9 Å². The van der Waals surface area contributed by atoms with Crippen LogP contribution in [0, 0.1) is 5.82 Å². The van der Waals surface area contributed by atoms with Gasteiger partial charge in [-0.25, -0.2) is 9.18 Å². The van der Waals surface area contributed by atoms with Crippen molar-refractivity contribution in [3.63, 3.8) is 0 Å². The van der Waals surface area contributed by atoms with E-state index in [0.29, 0.717) is 11.3 Å². The molecule has 25 heavy (non-hydrogen) atoms. The number of nitrogens with zero attached hydrogens (tertiary/aromatic N) is 4. The third kappa shape index (κ3) is 4.08. The van der Waals surface area contributed by atoms with Crippen molar-refractivity contribution in [3.8, 4) is 0 Å². The van der Waals surface area contributed by atoms with Crippen molar-refractivity contribution in [2.45, 2.75) is 13.1 Å². The number of aromatic carboxylic acids is 1. The summed E-state index contributed by atoms with van der Waals surface area (Å²) in [4.78, 5) is 22.7. The fourth-order valence-electron chi connectivity index (χ4n) is 2.23. The van der Waals surface area contributed by atoms with Crippen LogP contribution in [0.2, 0.25) is 0 Å². The van der Waals surface area contributed by atoms with Gasteiger partial charge in [0.1, 0.15) is 12.4 Å². The van der Waals surface area contributed by atoms with Gasteiger partial charge in [0.15, 0.2) is 5.69 Å². The van der Waals surface area contributed by atoms with E-state index in [0.717, 1.165) is 0 Å². The van der Waals surface area contributed by atoms with Crippen molar-refractivity contribution >= 4 is 17.6 Å². The fraction of sp³-hybridized carbons (Fsp3) is 0.125. The molecule has 0 saturated heterocycles. The van der Waals surface area contributed by atoms with Gasteiger partial charge >= 0.3 is 5.97 Å². The van der Waals surface area contributed by atoms with Crippen LogP contribution in [0.3, 0.4) is 0 Å². The molecule has 0 spiro atoms. The highest BCUT2D eigenvalue weighted by molar-refractivity contribution is 5.90. The standard InChI is InChI=1S/C16H14FN5O3/c17-13-4-2-1-3-11(13)8-22-9-12(7-18-22)19-15(23)10-21-6-5-14(20-21)16(24)25/h1-7,9H,8,10H2,(H,19,23)(H,24,25). The molecule has 1 amide bonds. The molecule has 0 saturated carbocycles. The molecule has 9 heteroatoms. The first kappa shape index (κ1) is 16.4. The minimum atomic E-state index is -1.16. The molecule has 2 N–H and O–H groups in total. The highest BCUT2D eigenvalue weighted by Gasteiger charge is 2.10. The Morgan fingerprint density at radius 2 is 2.00 bits per heavy atom. The summed E-state index contributed by atoms with van der Waals surface area (Å²) >= 11 is 0. The molecule has 0 unspecified atom stereocenters. The van der Waals surface area contributed by atoms with E-state index in [1.807, 2.05) is 0 Å². The van der Waals surface area contributed by atoms with Crippen LogP contribution in [0.25, 0.3) is 0 Å². The van der Waals surface area contributed by atoms with Crippen molar-refractivity contribution in [1.82, 2.24) is 19.6 Å². The van der Waals surface area contributed by atoms with Gasteiger partial charge < -0.3 is 10.4 Å². The highest BCUT2D eigenvalue weighted by atomic mass is 19.1. The predicted molar refractivity (Wildman–Crippen MR) is 85.5 cm³/mol. The number of hydrogen-bond acceptors (Lipinski definition) is 4. The first-order valence-corrected chi connectivity index (χ1v) is 7.34. The van der Waals surface area contributed by atoms with Crippen molar-refractivity contribution in [3.05, 3.63) is 66.0 Å².